The normalized spacial score (nSPS) is 11.1. The van der Waals surface area contributed by atoms with Crippen LogP contribution in [0.15, 0.2) is 48.2 Å². The second kappa shape index (κ2) is 11.5. The molecular weight excluding hydrogens is 485 g/mol. The van der Waals surface area contributed by atoms with Crippen molar-refractivity contribution in [3.05, 3.63) is 62.9 Å². The van der Waals surface area contributed by atoms with E-state index in [1.165, 1.54) is 6.08 Å². The average molecular weight is 509 g/mol. The Labute approximate surface area is 184 Å². The highest BCUT2D eigenvalue weighted by atomic mass is 127. The number of aliphatic carboxylic acids is 1. The summed E-state index contributed by atoms with van der Waals surface area (Å²) < 4.78 is 12.3. The average Bonchev–Trinajstić information content (AvgIpc) is 2.70. The largest absolute Gasteiger partial charge is 0.490 e. The number of amides is 1. The van der Waals surface area contributed by atoms with Gasteiger partial charge in [0.15, 0.2) is 11.5 Å². The maximum absolute atomic E-state index is 12.3. The summed E-state index contributed by atoms with van der Waals surface area (Å²) in [7, 11) is 0. The molecule has 154 valence electrons. The second-order valence-electron chi connectivity index (χ2n) is 6.15. The molecule has 2 aromatic rings. The number of carbonyl (C=O) groups is 2. The van der Waals surface area contributed by atoms with Gasteiger partial charge in [-0.1, -0.05) is 31.5 Å². The Hall–Kier alpha value is -2.55. The van der Waals surface area contributed by atoms with Crippen LogP contribution in [0.3, 0.4) is 0 Å². The Morgan fingerprint density at radius 1 is 1.14 bits per heavy atom. The minimum atomic E-state index is -1.23. The van der Waals surface area contributed by atoms with Crippen LogP contribution >= 0.6 is 22.6 Å². The predicted octanol–water partition coefficient (Wildman–Crippen LogP) is 4.72. The molecule has 0 saturated heterocycles. The number of unbranched alkanes of at least 4 members (excludes halogenated alkanes) is 1. The zero-order valence-corrected chi connectivity index (χ0v) is 18.6. The lowest BCUT2D eigenvalue weighted by Crippen LogP contribution is -2.27. The zero-order valence-electron chi connectivity index (χ0n) is 16.4. The van der Waals surface area contributed by atoms with Crippen molar-refractivity contribution in [3.8, 4) is 11.5 Å². The molecule has 0 radical (unpaired) electrons. The Kier molecular flexibility index (Phi) is 8.98. The number of nitrogens with one attached hydrogen (secondary N) is 1. The third kappa shape index (κ3) is 6.77. The first-order chi connectivity index (χ1) is 14.0. The molecule has 0 bridgehead atoms. The number of ether oxygens (including phenoxy) is 2. The number of carbonyl (C=O) groups excluding carboxylic acids is 1. The van der Waals surface area contributed by atoms with Crippen LogP contribution in [-0.4, -0.2) is 30.2 Å². The summed E-state index contributed by atoms with van der Waals surface area (Å²) >= 11 is 2.13. The van der Waals surface area contributed by atoms with Crippen LogP contribution < -0.4 is 14.8 Å². The fourth-order valence-corrected chi connectivity index (χ4v) is 3.28. The lowest BCUT2D eigenvalue weighted by Gasteiger charge is -2.15. The number of rotatable bonds is 10. The second-order valence-corrected chi connectivity index (χ2v) is 7.31. The van der Waals surface area contributed by atoms with E-state index in [1.807, 2.05) is 6.92 Å². The Morgan fingerprint density at radius 3 is 2.48 bits per heavy atom. The fraction of sp³-hybridized carbons (Fsp3) is 0.273. The van der Waals surface area contributed by atoms with Crippen LogP contribution in [0.4, 0.5) is 0 Å². The molecule has 0 spiro atoms. The number of benzene rings is 2. The van der Waals surface area contributed by atoms with Gasteiger partial charge in [-0.2, -0.15) is 0 Å². The van der Waals surface area contributed by atoms with E-state index in [-0.39, 0.29) is 5.70 Å². The molecule has 0 aliphatic rings. The van der Waals surface area contributed by atoms with Crippen molar-refractivity contribution >= 4 is 40.5 Å². The monoisotopic (exact) mass is 509 g/mol. The molecule has 1 amide bonds. The number of hydrogen-bond donors (Lipinski definition) is 2. The highest BCUT2D eigenvalue weighted by molar-refractivity contribution is 14.1. The molecule has 2 N–H and O–H groups in total. The van der Waals surface area contributed by atoms with Crippen LogP contribution in [0.2, 0.25) is 0 Å². The van der Waals surface area contributed by atoms with E-state index in [4.69, 9.17) is 9.47 Å². The highest BCUT2D eigenvalue weighted by Crippen LogP contribution is 2.35. The molecule has 29 heavy (non-hydrogen) atoms. The lowest BCUT2D eigenvalue weighted by molar-refractivity contribution is -0.132. The standard InChI is InChI=1S/C22H24INO5/c1-3-5-11-29-20-17(23)12-15(14-19(20)28-4-2)13-18(22(26)27)24-21(25)16-9-7-6-8-10-16/h6-10,12-14H,3-5,11H2,1-2H3,(H,24,25)(H,26,27). The Balaban J connectivity index is 2.32. The van der Waals surface area contributed by atoms with Gasteiger partial charge in [-0.15, -0.1) is 0 Å². The third-order valence-electron chi connectivity index (χ3n) is 3.90. The summed E-state index contributed by atoms with van der Waals surface area (Å²) in [4.78, 5) is 24.0. The van der Waals surface area contributed by atoms with Crippen molar-refractivity contribution in [1.29, 1.82) is 0 Å². The maximum atomic E-state index is 12.3. The lowest BCUT2D eigenvalue weighted by atomic mass is 10.1. The minimum Gasteiger partial charge on any atom is -0.490 e. The van der Waals surface area contributed by atoms with E-state index in [0.29, 0.717) is 35.8 Å². The van der Waals surface area contributed by atoms with E-state index >= 15 is 0 Å². The van der Waals surface area contributed by atoms with Crippen LogP contribution in [0, 0.1) is 3.57 Å². The highest BCUT2D eigenvalue weighted by Gasteiger charge is 2.16. The molecule has 0 atom stereocenters. The van der Waals surface area contributed by atoms with Crippen molar-refractivity contribution < 1.29 is 24.2 Å². The van der Waals surface area contributed by atoms with Gasteiger partial charge < -0.3 is 19.9 Å². The first kappa shape index (κ1) is 22.7. The van der Waals surface area contributed by atoms with Gasteiger partial charge in [0.1, 0.15) is 5.70 Å². The van der Waals surface area contributed by atoms with Crippen LogP contribution in [-0.2, 0) is 4.79 Å². The summed E-state index contributed by atoms with van der Waals surface area (Å²) in [6.45, 7) is 4.98. The summed E-state index contributed by atoms with van der Waals surface area (Å²) in [6, 6.07) is 12.0. The van der Waals surface area contributed by atoms with Gasteiger partial charge in [0.05, 0.1) is 16.8 Å². The molecule has 0 heterocycles. The number of halogens is 1. The smallest absolute Gasteiger partial charge is 0.352 e. The van der Waals surface area contributed by atoms with Gasteiger partial charge in [-0.05, 0) is 71.8 Å². The third-order valence-corrected chi connectivity index (χ3v) is 4.70. The molecule has 0 unspecified atom stereocenters. The Morgan fingerprint density at radius 2 is 1.86 bits per heavy atom. The first-order valence-corrected chi connectivity index (χ1v) is 10.4. The maximum Gasteiger partial charge on any atom is 0.352 e. The van der Waals surface area contributed by atoms with Crippen LogP contribution in [0.5, 0.6) is 11.5 Å². The molecule has 0 aromatic heterocycles. The number of carboxylic acids is 1. The molecule has 0 saturated carbocycles. The fourth-order valence-electron chi connectivity index (χ4n) is 2.49. The predicted molar refractivity (Wildman–Crippen MR) is 120 cm³/mol. The Bertz CT molecular complexity index is 880. The molecule has 0 fully saturated rings. The first-order valence-electron chi connectivity index (χ1n) is 9.36. The minimum absolute atomic E-state index is 0.225. The van der Waals surface area contributed by atoms with Gasteiger partial charge in [0.25, 0.3) is 5.91 Å². The molecule has 2 aromatic carbocycles. The van der Waals surface area contributed by atoms with Gasteiger partial charge in [0, 0.05) is 5.56 Å². The quantitative estimate of drug-likeness (QED) is 0.275. The van der Waals surface area contributed by atoms with E-state index in [1.54, 1.807) is 42.5 Å². The van der Waals surface area contributed by atoms with Crippen LogP contribution in [0.1, 0.15) is 42.6 Å². The van der Waals surface area contributed by atoms with E-state index in [2.05, 4.69) is 34.8 Å². The van der Waals surface area contributed by atoms with E-state index in [0.717, 1.165) is 16.4 Å². The molecular formula is C22H24INO5. The topological polar surface area (TPSA) is 84.9 Å². The summed E-state index contributed by atoms with van der Waals surface area (Å²) in [5.74, 6) is -0.534. The molecule has 6 nitrogen and oxygen atoms in total. The van der Waals surface area contributed by atoms with Crippen molar-refractivity contribution in [2.75, 3.05) is 13.2 Å². The number of hydrogen-bond acceptors (Lipinski definition) is 4. The van der Waals surface area contributed by atoms with Crippen molar-refractivity contribution in [1.82, 2.24) is 5.32 Å². The van der Waals surface area contributed by atoms with Gasteiger partial charge in [0.2, 0.25) is 0 Å². The molecule has 0 aliphatic carbocycles. The summed E-state index contributed by atoms with van der Waals surface area (Å²) in [6.07, 6.45) is 3.35. The van der Waals surface area contributed by atoms with Gasteiger partial charge >= 0.3 is 5.97 Å². The molecule has 7 heteroatoms. The van der Waals surface area contributed by atoms with Crippen LogP contribution in [0.25, 0.3) is 6.08 Å². The van der Waals surface area contributed by atoms with Gasteiger partial charge in [-0.25, -0.2) is 4.79 Å². The van der Waals surface area contributed by atoms with Crippen molar-refractivity contribution in [2.45, 2.75) is 26.7 Å². The number of carboxylic acid groups (broad SMARTS) is 1. The summed E-state index contributed by atoms with van der Waals surface area (Å²) in [5, 5.41) is 12.0. The molecule has 2 rings (SSSR count). The van der Waals surface area contributed by atoms with Gasteiger partial charge in [-0.3, -0.25) is 4.79 Å². The van der Waals surface area contributed by atoms with E-state index < -0.39 is 11.9 Å². The van der Waals surface area contributed by atoms with Crippen molar-refractivity contribution in [2.24, 2.45) is 0 Å². The summed E-state index contributed by atoms with van der Waals surface area (Å²) in [5.41, 5.74) is 0.743. The van der Waals surface area contributed by atoms with Crippen molar-refractivity contribution in [3.63, 3.8) is 0 Å². The zero-order chi connectivity index (χ0) is 21.2. The van der Waals surface area contributed by atoms with E-state index in [9.17, 15) is 14.7 Å². The molecule has 0 aliphatic heterocycles. The SMILES string of the molecule is CCCCOc1c(I)cc(C=C(NC(=O)c2ccccc2)C(=O)O)cc1OCC.